The van der Waals surface area contributed by atoms with E-state index in [9.17, 15) is 58.4 Å². The minimum atomic E-state index is -2.00. The van der Waals surface area contributed by atoms with Crippen molar-refractivity contribution in [1.82, 2.24) is 10.6 Å². The maximum absolute atomic E-state index is 12.9. The third-order valence-electron chi connectivity index (χ3n) is 10.1. The molecule has 28 heteroatoms. The van der Waals surface area contributed by atoms with Crippen molar-refractivity contribution in [3.63, 3.8) is 0 Å². The van der Waals surface area contributed by atoms with Crippen LogP contribution in [0.2, 0.25) is 0 Å². The van der Waals surface area contributed by atoms with Gasteiger partial charge in [-0.25, -0.2) is 0 Å². The second-order valence-corrected chi connectivity index (χ2v) is 15.9. The Kier molecular flexibility index (Phi) is 20.3. The van der Waals surface area contributed by atoms with Crippen molar-refractivity contribution >= 4 is 59.3 Å². The van der Waals surface area contributed by atoms with Crippen LogP contribution in [0.25, 0.3) is 0 Å². The number of hydrogen-bond donors (Lipinski definition) is 3. The Bertz CT molecular complexity index is 2090. The highest BCUT2D eigenvalue weighted by Gasteiger charge is 2.57. The molecule has 3 N–H and O–H groups in total. The lowest BCUT2D eigenvalue weighted by Crippen LogP contribution is -2.70. The molecular weight excluding hydrogens is 946 g/mol. The van der Waals surface area contributed by atoms with Gasteiger partial charge in [0.1, 0.15) is 61.6 Å². The molecule has 1 aromatic carbocycles. The van der Waals surface area contributed by atoms with Gasteiger partial charge in [-0.2, -0.15) is 0 Å². The largest absolute Gasteiger partial charge is 0.463 e. The van der Waals surface area contributed by atoms with Gasteiger partial charge in [0.05, 0.1) is 11.5 Å². The first-order valence-electron chi connectivity index (χ1n) is 21.3. The number of nitrogens with one attached hydrogen (secondary N) is 2. The monoisotopic (exact) mass is 1000 g/mol. The molecule has 3 fully saturated rings. The average molecular weight is 1000 g/mol. The van der Waals surface area contributed by atoms with Crippen LogP contribution in [0.4, 0.5) is 5.69 Å². The van der Waals surface area contributed by atoms with E-state index in [0.29, 0.717) is 0 Å². The number of rotatable bonds is 19. The summed E-state index contributed by atoms with van der Waals surface area (Å²) >= 11 is 0. The molecule has 70 heavy (non-hydrogen) atoms. The molecule has 1 aromatic rings. The van der Waals surface area contributed by atoms with E-state index in [2.05, 4.69) is 10.6 Å². The summed E-state index contributed by atoms with van der Waals surface area (Å²) in [5.41, 5.74) is -0.335. The summed E-state index contributed by atoms with van der Waals surface area (Å²) in [5, 5.41) is 28.8. The summed E-state index contributed by atoms with van der Waals surface area (Å²) in [5.74, 6) is -7.90. The van der Waals surface area contributed by atoms with Crippen molar-refractivity contribution in [2.45, 2.75) is 154 Å². The summed E-state index contributed by atoms with van der Waals surface area (Å²) < 4.78 is 74.8. The number of non-ortho nitro benzene ring substituents is 1. The number of amides is 2. The Morgan fingerprint density at radius 3 is 1.40 bits per heavy atom. The van der Waals surface area contributed by atoms with Crippen molar-refractivity contribution in [2.24, 2.45) is 0 Å². The van der Waals surface area contributed by atoms with Gasteiger partial charge >= 0.3 is 41.8 Å². The molecule has 15 atom stereocenters. The first-order chi connectivity index (χ1) is 32.8. The van der Waals surface area contributed by atoms with Crippen molar-refractivity contribution in [1.29, 1.82) is 0 Å². The molecule has 0 bridgehead atoms. The fourth-order valence-corrected chi connectivity index (χ4v) is 7.56. The van der Waals surface area contributed by atoms with E-state index in [0.717, 1.165) is 74.4 Å². The van der Waals surface area contributed by atoms with Crippen LogP contribution in [0.5, 0.6) is 5.75 Å². The SMILES string of the molecule is CC(=O)N[C@H]1[C@H](OC[C@H]2O[C@H](Oc3ccc([N+](=O)[O-])cc3)[C@H](NC(C)=O)[C@@H](O[C@@H]3O[C@H](COC(C)=O)[C@H](OC(C)=O)[C@H](OC(C)=O)[C@H]3OC(C)=O)[C@H]2O)O[C@H](COC(C)=O)[C@@H](OC(C)=O)[C@@H]1OC(C)=O. The zero-order valence-electron chi connectivity index (χ0n) is 39.3. The normalized spacial score (nSPS) is 30.5. The van der Waals surface area contributed by atoms with Crippen molar-refractivity contribution < 1.29 is 115 Å². The average Bonchev–Trinajstić information content (AvgIpc) is 3.24. The van der Waals surface area contributed by atoms with E-state index in [1.807, 2.05) is 0 Å². The smallest absolute Gasteiger partial charge is 0.303 e. The number of aliphatic hydroxyl groups is 1. The molecule has 3 aliphatic rings. The fraction of sp³-hybridized carbons (Fsp3) is 0.643. The maximum atomic E-state index is 12.9. The first kappa shape index (κ1) is 56.0. The molecule has 0 unspecified atom stereocenters. The van der Waals surface area contributed by atoms with Crippen molar-refractivity contribution in [3.8, 4) is 5.75 Å². The molecule has 2 amide bonds. The Morgan fingerprint density at radius 1 is 0.529 bits per heavy atom. The standard InChI is InChI=1S/C42H55N3O25/c1-17(46)43-31-36(70-42-39(65-25(9)54)38(64-24(8)53)35(62-22(6)51)30(69-42)16-59-20(4)49)33(55)28(67-41(31)66-27-12-10-26(11-13-27)45(56)57)14-60-40-32(44-18(2)47)37(63-23(7)52)34(61-21(5)50)29(68-40)15-58-19(3)48/h10-13,28-42,55H,14-16H2,1-9H3,(H,43,46)(H,44,47)/t28-,29-,30-,31-,32-,33+,34-,35+,36-,37-,38+,39-,40-,41+,42+/m1/s1. The van der Waals surface area contributed by atoms with Gasteiger partial charge in [-0.05, 0) is 12.1 Å². The number of aliphatic hydroxyl groups excluding tert-OH is 1. The van der Waals surface area contributed by atoms with E-state index in [1.165, 1.54) is 12.1 Å². The predicted molar refractivity (Wildman–Crippen MR) is 223 cm³/mol. The molecule has 3 heterocycles. The zero-order valence-corrected chi connectivity index (χ0v) is 39.3. The van der Waals surface area contributed by atoms with Gasteiger partial charge < -0.3 is 77.3 Å². The summed E-state index contributed by atoms with van der Waals surface area (Å²) in [4.78, 5) is 123. The third-order valence-corrected chi connectivity index (χ3v) is 10.1. The molecule has 388 valence electrons. The van der Waals surface area contributed by atoms with Gasteiger partial charge in [-0.15, -0.1) is 0 Å². The number of carbonyl (C=O) groups excluding carboxylic acids is 9. The van der Waals surface area contributed by atoms with Crippen LogP contribution in [0, 0.1) is 10.1 Å². The van der Waals surface area contributed by atoms with Crippen LogP contribution in [-0.2, 0) is 100.0 Å². The van der Waals surface area contributed by atoms with Crippen LogP contribution >= 0.6 is 0 Å². The highest BCUT2D eigenvalue weighted by Crippen LogP contribution is 2.35. The fourth-order valence-electron chi connectivity index (χ4n) is 7.56. The lowest BCUT2D eigenvalue weighted by atomic mass is 9.94. The quantitative estimate of drug-likeness (QED) is 0.0628. The third kappa shape index (κ3) is 16.0. The van der Waals surface area contributed by atoms with Crippen LogP contribution < -0.4 is 15.4 Å². The molecule has 0 aromatic heterocycles. The Morgan fingerprint density at radius 2 is 0.943 bits per heavy atom. The minimum Gasteiger partial charge on any atom is -0.463 e. The maximum Gasteiger partial charge on any atom is 0.303 e. The van der Waals surface area contributed by atoms with Crippen LogP contribution in [0.15, 0.2) is 24.3 Å². The first-order valence-corrected chi connectivity index (χ1v) is 21.3. The van der Waals surface area contributed by atoms with Crippen molar-refractivity contribution in [3.05, 3.63) is 34.4 Å². The molecule has 0 radical (unpaired) electrons. The Balaban J connectivity index is 1.85. The molecule has 4 rings (SSSR count). The molecule has 3 aliphatic heterocycles. The molecule has 3 saturated heterocycles. The van der Waals surface area contributed by atoms with E-state index < -0.39 is 170 Å². The predicted octanol–water partition coefficient (Wildman–Crippen LogP) is -1.29. The number of nitro benzene ring substituents is 1. The molecule has 28 nitrogen and oxygen atoms in total. The van der Waals surface area contributed by atoms with E-state index in [4.69, 9.17) is 61.6 Å². The highest BCUT2D eigenvalue weighted by atomic mass is 16.8. The molecule has 0 aliphatic carbocycles. The number of benzene rings is 1. The van der Waals surface area contributed by atoms with Gasteiger partial charge in [0.25, 0.3) is 5.69 Å². The second kappa shape index (κ2) is 25.3. The number of esters is 7. The number of hydrogen-bond acceptors (Lipinski definition) is 25. The van der Waals surface area contributed by atoms with E-state index in [-0.39, 0.29) is 11.4 Å². The summed E-state index contributed by atoms with van der Waals surface area (Å²) in [6, 6.07) is 1.43. The van der Waals surface area contributed by atoms with Gasteiger partial charge in [0.15, 0.2) is 43.1 Å². The molecule has 0 saturated carbocycles. The van der Waals surface area contributed by atoms with Crippen LogP contribution in [0.1, 0.15) is 62.3 Å². The van der Waals surface area contributed by atoms with Gasteiger partial charge in [-0.1, -0.05) is 0 Å². The minimum absolute atomic E-state index is 0.0940. The lowest BCUT2D eigenvalue weighted by Gasteiger charge is -2.49. The number of nitrogens with zero attached hydrogens (tertiary/aromatic N) is 1. The number of nitro groups is 1. The van der Waals surface area contributed by atoms with Gasteiger partial charge in [0, 0.05) is 74.4 Å². The summed E-state index contributed by atoms with van der Waals surface area (Å²) in [6.07, 6.45) is -22.2. The van der Waals surface area contributed by atoms with Crippen LogP contribution in [-0.4, -0.2) is 175 Å². The lowest BCUT2D eigenvalue weighted by molar-refractivity contribution is -0.384. The summed E-state index contributed by atoms with van der Waals surface area (Å²) in [6.45, 7) is 7.26. The van der Waals surface area contributed by atoms with Gasteiger partial charge in [-0.3, -0.25) is 53.3 Å². The highest BCUT2D eigenvalue weighted by molar-refractivity contribution is 5.74. The topological polar surface area (TPSA) is 361 Å². The van der Waals surface area contributed by atoms with Crippen molar-refractivity contribution in [2.75, 3.05) is 19.8 Å². The van der Waals surface area contributed by atoms with E-state index >= 15 is 0 Å². The Hall–Kier alpha value is -6.59. The second-order valence-electron chi connectivity index (χ2n) is 15.9. The number of carbonyl (C=O) groups is 9. The Labute approximate surface area is 398 Å². The van der Waals surface area contributed by atoms with Crippen LogP contribution in [0.3, 0.4) is 0 Å². The van der Waals surface area contributed by atoms with Gasteiger partial charge in [0.2, 0.25) is 18.1 Å². The molecule has 0 spiro atoms. The van der Waals surface area contributed by atoms with E-state index in [1.54, 1.807) is 0 Å². The zero-order chi connectivity index (χ0) is 52.1. The summed E-state index contributed by atoms with van der Waals surface area (Å²) in [7, 11) is 0. The number of ether oxygens (including phenoxy) is 13. The molecular formula is C42H55N3O25.